The van der Waals surface area contributed by atoms with E-state index in [1.165, 1.54) is 47.8 Å². The molecule has 188 valence electrons. The SMILES string of the molecule is C=C(/N=C1/C=CC=C/C1=C(/N)c1ccc2c3c(cccc13)-c1ccccc1-2)c1ccc2sc3ccccc3c2c1. The van der Waals surface area contributed by atoms with Crippen LogP contribution in [-0.4, -0.2) is 5.71 Å². The van der Waals surface area contributed by atoms with E-state index in [0.717, 1.165) is 27.8 Å². The zero-order chi connectivity index (χ0) is 26.8. The number of allylic oxidation sites excluding steroid dienone is 5. The van der Waals surface area contributed by atoms with Crippen LogP contribution in [0.3, 0.4) is 0 Å². The monoisotopic (exact) mass is 528 g/mol. The number of thiophene rings is 1. The molecule has 0 saturated heterocycles. The smallest absolute Gasteiger partial charge is 0.0730 e. The molecule has 0 aliphatic heterocycles. The van der Waals surface area contributed by atoms with Gasteiger partial charge in [-0.3, -0.25) is 0 Å². The third kappa shape index (κ3) is 3.38. The van der Waals surface area contributed by atoms with Gasteiger partial charge in [0.2, 0.25) is 0 Å². The summed E-state index contributed by atoms with van der Waals surface area (Å²) in [6.07, 6.45) is 8.09. The van der Waals surface area contributed by atoms with Crippen molar-refractivity contribution in [2.45, 2.75) is 0 Å². The zero-order valence-corrected chi connectivity index (χ0v) is 22.5. The summed E-state index contributed by atoms with van der Waals surface area (Å²) in [4.78, 5) is 5.02. The lowest BCUT2D eigenvalue weighted by Gasteiger charge is -2.15. The first-order valence-corrected chi connectivity index (χ1v) is 14.2. The molecule has 0 atom stereocenters. The fraction of sp³-hybridized carbons (Fsp3) is 0. The van der Waals surface area contributed by atoms with Gasteiger partial charge in [-0.2, -0.15) is 0 Å². The number of rotatable bonds is 3. The normalized spacial score (nSPS) is 15.8. The fourth-order valence-corrected chi connectivity index (χ4v) is 7.19. The van der Waals surface area contributed by atoms with E-state index in [9.17, 15) is 0 Å². The highest BCUT2D eigenvalue weighted by Crippen LogP contribution is 2.48. The second-order valence-electron chi connectivity index (χ2n) is 10.2. The third-order valence-electron chi connectivity index (χ3n) is 8.00. The van der Waals surface area contributed by atoms with Crippen molar-refractivity contribution in [3.05, 3.63) is 145 Å². The van der Waals surface area contributed by atoms with Crippen LogP contribution in [0.2, 0.25) is 0 Å². The maximum Gasteiger partial charge on any atom is 0.0730 e. The van der Waals surface area contributed by atoms with Gasteiger partial charge in [0.25, 0.3) is 0 Å². The van der Waals surface area contributed by atoms with Crippen molar-refractivity contribution in [3.63, 3.8) is 0 Å². The lowest BCUT2D eigenvalue weighted by molar-refractivity contribution is 1.48. The topological polar surface area (TPSA) is 38.4 Å². The quantitative estimate of drug-likeness (QED) is 0.243. The summed E-state index contributed by atoms with van der Waals surface area (Å²) in [7, 11) is 0. The Kier molecular flexibility index (Phi) is 5.03. The standard InChI is InChI=1S/C37H24N2S/c1-22(23-17-20-35-32(21-23)26-11-5-7-16-34(26)40-35)39-33-15-6-4-12-31(33)37(38)30-19-18-29-25-10-3-2-9-24(25)27-13-8-14-28(30)36(27)29/h2-21H,1,38H2/b37-31-,39-33-. The van der Waals surface area contributed by atoms with Gasteiger partial charge in [0, 0.05) is 42.6 Å². The van der Waals surface area contributed by atoms with Crippen molar-refractivity contribution < 1.29 is 0 Å². The van der Waals surface area contributed by atoms with Gasteiger partial charge < -0.3 is 5.73 Å². The molecule has 0 unspecified atom stereocenters. The van der Waals surface area contributed by atoms with Gasteiger partial charge in [-0.05, 0) is 57.3 Å². The Morgan fingerprint density at radius 3 is 2.23 bits per heavy atom. The van der Waals surface area contributed by atoms with Crippen molar-refractivity contribution in [1.29, 1.82) is 0 Å². The van der Waals surface area contributed by atoms with E-state index in [2.05, 4.69) is 110 Å². The lowest BCUT2D eigenvalue weighted by Crippen LogP contribution is -2.10. The van der Waals surface area contributed by atoms with Crippen molar-refractivity contribution in [2.24, 2.45) is 10.7 Å². The maximum atomic E-state index is 6.97. The van der Waals surface area contributed by atoms with Gasteiger partial charge in [-0.25, -0.2) is 4.99 Å². The average Bonchev–Trinajstić information content (AvgIpc) is 3.54. The lowest BCUT2D eigenvalue weighted by atomic mass is 9.93. The van der Waals surface area contributed by atoms with E-state index in [0.29, 0.717) is 11.4 Å². The molecule has 0 amide bonds. The molecule has 2 aliphatic carbocycles. The summed E-state index contributed by atoms with van der Waals surface area (Å²) >= 11 is 1.81. The zero-order valence-electron chi connectivity index (χ0n) is 21.7. The van der Waals surface area contributed by atoms with Crippen LogP contribution in [0.5, 0.6) is 0 Å². The largest absolute Gasteiger partial charge is 0.398 e. The molecule has 0 radical (unpaired) electrons. The van der Waals surface area contributed by atoms with Crippen LogP contribution >= 0.6 is 11.3 Å². The summed E-state index contributed by atoms with van der Waals surface area (Å²) in [5.74, 6) is 0. The number of nitrogens with zero attached hydrogens (tertiary/aromatic N) is 1. The molecule has 6 aromatic rings. The van der Waals surface area contributed by atoms with Gasteiger partial charge in [0.1, 0.15) is 0 Å². The Hall–Kier alpha value is -4.99. The molecule has 5 aromatic carbocycles. The molecule has 1 aromatic heterocycles. The van der Waals surface area contributed by atoms with E-state index in [1.54, 1.807) is 0 Å². The van der Waals surface area contributed by atoms with Gasteiger partial charge in [0.15, 0.2) is 0 Å². The van der Waals surface area contributed by atoms with Crippen molar-refractivity contribution in [3.8, 4) is 22.3 Å². The predicted octanol–water partition coefficient (Wildman–Crippen LogP) is 9.76. The molecule has 2 aliphatic rings. The highest BCUT2D eigenvalue weighted by Gasteiger charge is 2.23. The summed E-state index contributed by atoms with van der Waals surface area (Å²) in [6.45, 7) is 4.36. The van der Waals surface area contributed by atoms with Crippen LogP contribution in [0.4, 0.5) is 0 Å². The molecular weight excluding hydrogens is 504 g/mol. The van der Waals surface area contributed by atoms with Gasteiger partial charge >= 0.3 is 0 Å². The van der Waals surface area contributed by atoms with Gasteiger partial charge in [0.05, 0.1) is 11.4 Å². The summed E-state index contributed by atoms with van der Waals surface area (Å²) in [6, 6.07) is 34.5. The Morgan fingerprint density at radius 1 is 0.650 bits per heavy atom. The molecule has 0 bridgehead atoms. The van der Waals surface area contributed by atoms with E-state index in [1.807, 2.05) is 29.6 Å². The highest BCUT2D eigenvalue weighted by molar-refractivity contribution is 7.25. The first kappa shape index (κ1) is 22.9. The molecule has 2 nitrogen and oxygen atoms in total. The Bertz CT molecular complexity index is 2160. The number of aliphatic imine (C=N–C) groups is 1. The third-order valence-corrected chi connectivity index (χ3v) is 9.15. The average molecular weight is 529 g/mol. The van der Waals surface area contributed by atoms with E-state index < -0.39 is 0 Å². The Balaban J connectivity index is 1.24. The van der Waals surface area contributed by atoms with Crippen LogP contribution in [0, 0.1) is 0 Å². The Labute approximate surface area is 236 Å². The maximum absolute atomic E-state index is 6.97. The van der Waals surface area contributed by atoms with E-state index in [4.69, 9.17) is 10.7 Å². The summed E-state index contributed by atoms with van der Waals surface area (Å²) in [5, 5.41) is 4.93. The fourth-order valence-electron chi connectivity index (χ4n) is 6.10. The molecule has 0 spiro atoms. The van der Waals surface area contributed by atoms with Gasteiger partial charge in [-0.15, -0.1) is 11.3 Å². The molecular formula is C37H24N2S. The van der Waals surface area contributed by atoms with Crippen LogP contribution < -0.4 is 5.73 Å². The number of fused-ring (bicyclic) bond motifs is 6. The van der Waals surface area contributed by atoms with Crippen LogP contribution in [-0.2, 0) is 0 Å². The molecule has 2 N–H and O–H groups in total. The van der Waals surface area contributed by atoms with Crippen molar-refractivity contribution in [1.82, 2.24) is 0 Å². The first-order chi connectivity index (χ1) is 19.7. The van der Waals surface area contributed by atoms with Crippen LogP contribution in [0.25, 0.3) is 64.6 Å². The molecule has 40 heavy (non-hydrogen) atoms. The molecule has 1 heterocycles. The summed E-state index contributed by atoms with van der Waals surface area (Å²) < 4.78 is 2.56. The van der Waals surface area contributed by atoms with Crippen LogP contribution in [0.1, 0.15) is 11.1 Å². The second kappa shape index (κ2) is 8.77. The molecule has 8 rings (SSSR count). The first-order valence-electron chi connectivity index (χ1n) is 13.4. The highest BCUT2D eigenvalue weighted by atomic mass is 32.1. The minimum Gasteiger partial charge on any atom is -0.398 e. The van der Waals surface area contributed by atoms with Crippen LogP contribution in [0.15, 0.2) is 139 Å². The molecule has 0 saturated carbocycles. The minimum atomic E-state index is 0.714. The Morgan fingerprint density at radius 2 is 1.35 bits per heavy atom. The van der Waals surface area contributed by atoms with Crippen molar-refractivity contribution in [2.75, 3.05) is 0 Å². The molecule has 3 heteroatoms. The molecule has 0 fully saturated rings. The van der Waals surface area contributed by atoms with E-state index in [-0.39, 0.29) is 0 Å². The van der Waals surface area contributed by atoms with Gasteiger partial charge in [-0.1, -0.05) is 104 Å². The number of hydrogen-bond donors (Lipinski definition) is 1. The number of benzene rings is 5. The number of hydrogen-bond acceptors (Lipinski definition) is 3. The summed E-state index contributed by atoms with van der Waals surface area (Å²) in [5.41, 5.74) is 17.2. The number of nitrogens with two attached hydrogens (primary N) is 1. The second-order valence-corrected chi connectivity index (χ2v) is 11.3. The van der Waals surface area contributed by atoms with E-state index >= 15 is 0 Å². The predicted molar refractivity (Wildman–Crippen MR) is 174 cm³/mol. The minimum absolute atomic E-state index is 0.714. The van der Waals surface area contributed by atoms with Crippen molar-refractivity contribution >= 4 is 59.4 Å².